The van der Waals surface area contributed by atoms with Crippen molar-refractivity contribution in [1.29, 1.82) is 0 Å². The number of nitrogens with one attached hydrogen (secondary N) is 1. The number of aromatic hydroxyl groups is 1. The van der Waals surface area contributed by atoms with Gasteiger partial charge in [0, 0.05) is 0 Å². The molecule has 3 N–H and O–H groups in total. The first kappa shape index (κ1) is 17.5. The van der Waals surface area contributed by atoms with E-state index in [1.807, 2.05) is 24.3 Å². The minimum atomic E-state index is -0.978. The highest BCUT2D eigenvalue weighted by molar-refractivity contribution is 7.18. The molecule has 27 heavy (non-hydrogen) atoms. The monoisotopic (exact) mass is 382 g/mol. The molecule has 0 spiro atoms. The van der Waals surface area contributed by atoms with E-state index in [9.17, 15) is 19.8 Å². The maximum atomic E-state index is 13.0. The number of carbonyl (C=O) groups is 2. The lowest BCUT2D eigenvalue weighted by Gasteiger charge is -2.25. The number of rotatable bonds is 5. The third-order valence-electron chi connectivity index (χ3n) is 4.96. The van der Waals surface area contributed by atoms with E-state index in [0.29, 0.717) is 17.8 Å². The van der Waals surface area contributed by atoms with E-state index >= 15 is 0 Å². The van der Waals surface area contributed by atoms with Gasteiger partial charge in [0.15, 0.2) is 0 Å². The van der Waals surface area contributed by atoms with Crippen molar-refractivity contribution in [2.45, 2.75) is 25.8 Å². The summed E-state index contributed by atoms with van der Waals surface area (Å²) in [5.74, 6) is -1.07. The van der Waals surface area contributed by atoms with Crippen molar-refractivity contribution in [3.05, 3.63) is 58.6 Å². The Hall–Kier alpha value is -2.93. The molecule has 0 bridgehead atoms. The van der Waals surface area contributed by atoms with Crippen LogP contribution in [0.4, 0.5) is 0 Å². The van der Waals surface area contributed by atoms with Crippen LogP contribution in [0.25, 0.3) is 10.2 Å². The highest BCUT2D eigenvalue weighted by atomic mass is 32.1. The molecule has 1 aliphatic rings. The van der Waals surface area contributed by atoms with Crippen molar-refractivity contribution in [3.8, 4) is 5.75 Å². The molecule has 0 fully saturated rings. The summed E-state index contributed by atoms with van der Waals surface area (Å²) < 4.78 is 0.841. The van der Waals surface area contributed by atoms with Crippen molar-refractivity contribution in [2.75, 3.05) is 0 Å². The van der Waals surface area contributed by atoms with Crippen LogP contribution in [0.3, 0.4) is 0 Å². The summed E-state index contributed by atoms with van der Waals surface area (Å²) in [6, 6.07) is 12.7. The van der Waals surface area contributed by atoms with Crippen LogP contribution in [-0.2, 0) is 29.0 Å². The number of hydrogen-bond donors (Lipinski definition) is 3. The Bertz CT molecular complexity index is 1020. The van der Waals surface area contributed by atoms with Crippen LogP contribution < -0.4 is 5.32 Å². The SMILES string of the molecule is O=C(O)CC1(C(=O)NCc2nc3ccc(O)cc3s2)Cc2ccccc2C1. The van der Waals surface area contributed by atoms with Gasteiger partial charge in [-0.1, -0.05) is 24.3 Å². The zero-order valence-corrected chi connectivity index (χ0v) is 15.3. The second-order valence-electron chi connectivity index (χ2n) is 6.92. The zero-order chi connectivity index (χ0) is 19.0. The van der Waals surface area contributed by atoms with Gasteiger partial charge in [0.05, 0.1) is 28.6 Å². The molecule has 138 valence electrons. The van der Waals surface area contributed by atoms with Gasteiger partial charge in [-0.15, -0.1) is 11.3 Å². The molecule has 0 aliphatic heterocycles. The van der Waals surface area contributed by atoms with Crippen LogP contribution in [0, 0.1) is 5.41 Å². The van der Waals surface area contributed by atoms with Gasteiger partial charge in [0.1, 0.15) is 10.8 Å². The van der Waals surface area contributed by atoms with E-state index in [0.717, 1.165) is 21.3 Å². The number of carboxylic acid groups (broad SMARTS) is 1. The fourth-order valence-corrected chi connectivity index (χ4v) is 4.67. The predicted molar refractivity (Wildman–Crippen MR) is 102 cm³/mol. The number of amides is 1. The van der Waals surface area contributed by atoms with Crippen LogP contribution in [0.1, 0.15) is 22.6 Å². The third-order valence-corrected chi connectivity index (χ3v) is 5.98. The normalized spacial score (nSPS) is 14.8. The summed E-state index contributed by atoms with van der Waals surface area (Å²) in [7, 11) is 0. The van der Waals surface area contributed by atoms with Crippen LogP contribution in [0.15, 0.2) is 42.5 Å². The summed E-state index contributed by atoms with van der Waals surface area (Å²) >= 11 is 1.39. The number of nitrogens with zero attached hydrogens (tertiary/aromatic N) is 1. The number of carboxylic acids is 1. The molecule has 4 rings (SSSR count). The number of aromatic nitrogens is 1. The average molecular weight is 382 g/mol. The van der Waals surface area contributed by atoms with E-state index < -0.39 is 11.4 Å². The highest BCUT2D eigenvalue weighted by Gasteiger charge is 2.45. The molecule has 0 radical (unpaired) electrons. The molecule has 3 aromatic rings. The van der Waals surface area contributed by atoms with E-state index in [-0.39, 0.29) is 24.6 Å². The molecule has 2 aromatic carbocycles. The Labute approximate surface area is 159 Å². The Kier molecular flexibility index (Phi) is 4.31. The number of benzene rings is 2. The molecule has 1 heterocycles. The van der Waals surface area contributed by atoms with Crippen molar-refractivity contribution in [1.82, 2.24) is 10.3 Å². The van der Waals surface area contributed by atoms with E-state index in [1.165, 1.54) is 11.3 Å². The molecule has 0 saturated heterocycles. The third kappa shape index (κ3) is 3.38. The number of aliphatic carboxylic acids is 1. The molecular formula is C20H18N2O4S. The molecule has 7 heteroatoms. The molecule has 6 nitrogen and oxygen atoms in total. The number of thiazole rings is 1. The van der Waals surface area contributed by atoms with Gasteiger partial charge in [-0.25, -0.2) is 4.98 Å². The number of phenols is 1. The Balaban J connectivity index is 1.53. The lowest BCUT2D eigenvalue weighted by atomic mass is 9.80. The van der Waals surface area contributed by atoms with Crippen LogP contribution in [0.2, 0.25) is 0 Å². The fourth-order valence-electron chi connectivity index (χ4n) is 3.73. The van der Waals surface area contributed by atoms with Gasteiger partial charge in [0.25, 0.3) is 0 Å². The molecule has 1 amide bonds. The van der Waals surface area contributed by atoms with Crippen molar-refractivity contribution in [2.24, 2.45) is 5.41 Å². The van der Waals surface area contributed by atoms with E-state index in [4.69, 9.17) is 0 Å². The largest absolute Gasteiger partial charge is 0.508 e. The molecule has 0 unspecified atom stereocenters. The summed E-state index contributed by atoms with van der Waals surface area (Å²) in [5.41, 5.74) is 1.86. The van der Waals surface area contributed by atoms with Crippen LogP contribution in [0.5, 0.6) is 5.75 Å². The first-order valence-electron chi connectivity index (χ1n) is 8.60. The predicted octanol–water partition coefficient (Wildman–Crippen LogP) is 2.88. The average Bonchev–Trinajstić information content (AvgIpc) is 3.19. The number of carbonyl (C=O) groups excluding carboxylic acids is 1. The molecule has 1 aliphatic carbocycles. The summed E-state index contributed by atoms with van der Waals surface area (Å²) in [4.78, 5) is 28.9. The molecular weight excluding hydrogens is 364 g/mol. The van der Waals surface area contributed by atoms with E-state index in [2.05, 4.69) is 10.3 Å². The fraction of sp³-hybridized carbons (Fsp3) is 0.250. The Morgan fingerprint density at radius 1 is 1.15 bits per heavy atom. The van der Waals surface area contributed by atoms with Gasteiger partial charge in [-0.3, -0.25) is 9.59 Å². The second-order valence-corrected chi connectivity index (χ2v) is 8.03. The van der Waals surface area contributed by atoms with E-state index in [1.54, 1.807) is 18.2 Å². The lowest BCUT2D eigenvalue weighted by molar-refractivity contribution is -0.145. The van der Waals surface area contributed by atoms with Crippen LogP contribution in [-0.4, -0.2) is 27.1 Å². The lowest BCUT2D eigenvalue weighted by Crippen LogP contribution is -2.43. The van der Waals surface area contributed by atoms with Gasteiger partial charge < -0.3 is 15.5 Å². The summed E-state index contributed by atoms with van der Waals surface area (Å²) in [5, 5.41) is 22.5. The molecule has 0 atom stereocenters. The smallest absolute Gasteiger partial charge is 0.304 e. The molecule has 0 saturated carbocycles. The quantitative estimate of drug-likeness (QED) is 0.630. The van der Waals surface area contributed by atoms with Gasteiger partial charge in [-0.2, -0.15) is 0 Å². The highest BCUT2D eigenvalue weighted by Crippen LogP contribution is 2.40. The second kappa shape index (κ2) is 6.66. The minimum Gasteiger partial charge on any atom is -0.508 e. The van der Waals surface area contributed by atoms with Crippen molar-refractivity contribution >= 4 is 33.4 Å². The summed E-state index contributed by atoms with van der Waals surface area (Å²) in [6.07, 6.45) is 0.644. The van der Waals surface area contributed by atoms with Crippen molar-refractivity contribution in [3.63, 3.8) is 0 Å². The Morgan fingerprint density at radius 2 is 1.85 bits per heavy atom. The zero-order valence-electron chi connectivity index (χ0n) is 14.4. The van der Waals surface area contributed by atoms with Gasteiger partial charge in [-0.05, 0) is 42.2 Å². The maximum absolute atomic E-state index is 13.0. The standard InChI is InChI=1S/C20H18N2O4S/c23-14-5-6-15-16(7-14)27-17(22-15)11-21-19(26)20(10-18(24)25)8-12-3-1-2-4-13(12)9-20/h1-7,23H,8-11H2,(H,21,26)(H,24,25). The van der Waals surface area contributed by atoms with Gasteiger partial charge in [0.2, 0.25) is 5.91 Å². The summed E-state index contributed by atoms with van der Waals surface area (Å²) in [6.45, 7) is 0.233. The maximum Gasteiger partial charge on any atom is 0.304 e. The topological polar surface area (TPSA) is 99.5 Å². The molecule has 1 aromatic heterocycles. The number of fused-ring (bicyclic) bond motifs is 2. The van der Waals surface area contributed by atoms with Gasteiger partial charge >= 0.3 is 5.97 Å². The first-order chi connectivity index (χ1) is 12.9. The number of phenolic OH excluding ortho intramolecular Hbond substituents is 1. The first-order valence-corrected chi connectivity index (χ1v) is 9.42. The number of hydrogen-bond acceptors (Lipinski definition) is 5. The van der Waals surface area contributed by atoms with Crippen molar-refractivity contribution < 1.29 is 19.8 Å². The Morgan fingerprint density at radius 3 is 2.52 bits per heavy atom. The van der Waals surface area contributed by atoms with Crippen LogP contribution >= 0.6 is 11.3 Å². The minimum absolute atomic E-state index is 0.172.